The van der Waals surface area contributed by atoms with Gasteiger partial charge in [0.25, 0.3) is 0 Å². The number of pyridine rings is 1. The van der Waals surface area contributed by atoms with E-state index in [1.54, 1.807) is 0 Å². The summed E-state index contributed by atoms with van der Waals surface area (Å²) in [6.07, 6.45) is 6.04. The summed E-state index contributed by atoms with van der Waals surface area (Å²) in [5.41, 5.74) is 1.16. The average molecular weight is 275 g/mol. The second-order valence-electron chi connectivity index (χ2n) is 6.13. The van der Waals surface area contributed by atoms with Gasteiger partial charge in [-0.2, -0.15) is 0 Å². The Labute approximate surface area is 123 Å². The van der Waals surface area contributed by atoms with Gasteiger partial charge in [0.1, 0.15) is 5.82 Å². The topological polar surface area (TPSA) is 28.2 Å². The van der Waals surface area contributed by atoms with E-state index in [0.717, 1.165) is 36.4 Å². The van der Waals surface area contributed by atoms with E-state index in [4.69, 9.17) is 0 Å². The average Bonchev–Trinajstić information content (AvgIpc) is 2.46. The van der Waals surface area contributed by atoms with E-state index in [-0.39, 0.29) is 0 Å². The van der Waals surface area contributed by atoms with Crippen LogP contribution in [0.25, 0.3) is 0 Å². The Kier molecular flexibility index (Phi) is 5.27. The van der Waals surface area contributed by atoms with Crippen LogP contribution in [0.4, 0.5) is 11.5 Å². The zero-order valence-electron chi connectivity index (χ0n) is 13.4. The van der Waals surface area contributed by atoms with Gasteiger partial charge in [-0.05, 0) is 50.7 Å². The number of rotatable bonds is 5. The molecule has 0 aromatic carbocycles. The normalized spacial score (nSPS) is 26.3. The molecular formula is C17H29N3. The first-order valence-corrected chi connectivity index (χ1v) is 8.13. The van der Waals surface area contributed by atoms with Crippen molar-refractivity contribution < 1.29 is 0 Å². The molecule has 1 saturated carbocycles. The lowest BCUT2D eigenvalue weighted by Gasteiger charge is -2.35. The van der Waals surface area contributed by atoms with Crippen LogP contribution in [0.2, 0.25) is 0 Å². The molecule has 1 aliphatic carbocycles. The van der Waals surface area contributed by atoms with E-state index < -0.39 is 0 Å². The van der Waals surface area contributed by atoms with Gasteiger partial charge in [-0.3, -0.25) is 0 Å². The van der Waals surface area contributed by atoms with Gasteiger partial charge in [0.15, 0.2) is 0 Å². The van der Waals surface area contributed by atoms with E-state index in [1.807, 2.05) is 6.20 Å². The van der Waals surface area contributed by atoms with E-state index in [2.05, 4.69) is 55.0 Å². The SMILES string of the molecule is CCN(CC)c1ccc(NC2C(C)CCCC2C)cn1. The molecule has 0 amide bonds. The van der Waals surface area contributed by atoms with Gasteiger partial charge in [0, 0.05) is 19.1 Å². The molecule has 1 heterocycles. The zero-order valence-corrected chi connectivity index (χ0v) is 13.4. The van der Waals surface area contributed by atoms with Gasteiger partial charge in [-0.15, -0.1) is 0 Å². The number of anilines is 2. The largest absolute Gasteiger partial charge is 0.381 e. The summed E-state index contributed by atoms with van der Waals surface area (Å²) in [7, 11) is 0. The fraction of sp³-hybridized carbons (Fsp3) is 0.706. The molecular weight excluding hydrogens is 246 g/mol. The van der Waals surface area contributed by atoms with Gasteiger partial charge in [-0.25, -0.2) is 4.98 Å². The van der Waals surface area contributed by atoms with Crippen molar-refractivity contribution in [3.63, 3.8) is 0 Å². The number of nitrogens with zero attached hydrogens (tertiary/aromatic N) is 2. The first kappa shape index (κ1) is 15.1. The smallest absolute Gasteiger partial charge is 0.128 e. The second-order valence-corrected chi connectivity index (χ2v) is 6.13. The predicted octanol–water partition coefficient (Wildman–Crippen LogP) is 4.16. The number of hydrogen-bond donors (Lipinski definition) is 1. The van der Waals surface area contributed by atoms with Gasteiger partial charge >= 0.3 is 0 Å². The van der Waals surface area contributed by atoms with Crippen LogP contribution in [0.5, 0.6) is 0 Å². The lowest BCUT2D eigenvalue weighted by molar-refractivity contribution is 0.268. The third-order valence-electron chi connectivity index (χ3n) is 4.71. The van der Waals surface area contributed by atoms with Crippen molar-refractivity contribution in [3.8, 4) is 0 Å². The van der Waals surface area contributed by atoms with Crippen LogP contribution < -0.4 is 10.2 Å². The summed E-state index contributed by atoms with van der Waals surface area (Å²) in [4.78, 5) is 6.87. The molecule has 0 radical (unpaired) electrons. The molecule has 1 aliphatic rings. The second kappa shape index (κ2) is 6.96. The van der Waals surface area contributed by atoms with Crippen LogP contribution in [0.15, 0.2) is 18.3 Å². The molecule has 1 fully saturated rings. The highest BCUT2D eigenvalue weighted by atomic mass is 15.2. The van der Waals surface area contributed by atoms with Crippen molar-refractivity contribution >= 4 is 11.5 Å². The van der Waals surface area contributed by atoms with Gasteiger partial charge in [0.2, 0.25) is 0 Å². The molecule has 2 rings (SSSR count). The Hall–Kier alpha value is -1.25. The summed E-state index contributed by atoms with van der Waals surface area (Å²) in [5, 5.41) is 3.70. The lowest BCUT2D eigenvalue weighted by Crippen LogP contribution is -2.37. The minimum atomic E-state index is 0.588. The highest BCUT2D eigenvalue weighted by Crippen LogP contribution is 2.31. The van der Waals surface area contributed by atoms with E-state index in [1.165, 1.54) is 19.3 Å². The number of nitrogens with one attached hydrogen (secondary N) is 1. The van der Waals surface area contributed by atoms with Crippen LogP contribution >= 0.6 is 0 Å². The fourth-order valence-electron chi connectivity index (χ4n) is 3.36. The van der Waals surface area contributed by atoms with Crippen LogP contribution in [-0.4, -0.2) is 24.1 Å². The van der Waals surface area contributed by atoms with E-state index >= 15 is 0 Å². The van der Waals surface area contributed by atoms with Crippen LogP contribution in [0.1, 0.15) is 47.0 Å². The first-order chi connectivity index (χ1) is 9.65. The number of hydrogen-bond acceptors (Lipinski definition) is 3. The maximum Gasteiger partial charge on any atom is 0.128 e. The van der Waals surface area contributed by atoms with Crippen molar-refractivity contribution in [2.24, 2.45) is 11.8 Å². The van der Waals surface area contributed by atoms with Gasteiger partial charge < -0.3 is 10.2 Å². The molecule has 0 bridgehead atoms. The highest BCUT2D eigenvalue weighted by molar-refractivity contribution is 5.49. The molecule has 2 atom stereocenters. The molecule has 112 valence electrons. The standard InChI is InChI=1S/C17H29N3/c1-5-20(6-2)16-11-10-15(12-18-16)19-17-13(3)8-7-9-14(17)4/h10-14,17,19H,5-9H2,1-4H3. The Morgan fingerprint density at radius 2 is 1.80 bits per heavy atom. The Bertz CT molecular complexity index is 387. The molecule has 1 aromatic rings. The molecule has 0 spiro atoms. The summed E-state index contributed by atoms with van der Waals surface area (Å²) in [6, 6.07) is 4.90. The Morgan fingerprint density at radius 1 is 1.15 bits per heavy atom. The van der Waals surface area contributed by atoms with Crippen molar-refractivity contribution in [1.82, 2.24) is 4.98 Å². The van der Waals surface area contributed by atoms with Crippen molar-refractivity contribution in [3.05, 3.63) is 18.3 Å². The van der Waals surface area contributed by atoms with Gasteiger partial charge in [0.05, 0.1) is 11.9 Å². The van der Waals surface area contributed by atoms with E-state index in [0.29, 0.717) is 6.04 Å². The summed E-state index contributed by atoms with van der Waals surface area (Å²) >= 11 is 0. The minimum Gasteiger partial charge on any atom is -0.381 e. The van der Waals surface area contributed by atoms with Crippen molar-refractivity contribution in [2.75, 3.05) is 23.3 Å². The van der Waals surface area contributed by atoms with Crippen molar-refractivity contribution in [1.29, 1.82) is 0 Å². The molecule has 1 N–H and O–H groups in total. The Morgan fingerprint density at radius 3 is 2.30 bits per heavy atom. The predicted molar refractivity (Wildman–Crippen MR) is 87.4 cm³/mol. The van der Waals surface area contributed by atoms with Crippen LogP contribution in [0.3, 0.4) is 0 Å². The number of aromatic nitrogens is 1. The maximum atomic E-state index is 4.60. The molecule has 3 nitrogen and oxygen atoms in total. The molecule has 1 aromatic heterocycles. The third-order valence-corrected chi connectivity index (χ3v) is 4.71. The van der Waals surface area contributed by atoms with Gasteiger partial charge in [-0.1, -0.05) is 20.3 Å². The maximum absolute atomic E-state index is 4.60. The molecule has 0 saturated heterocycles. The molecule has 0 aliphatic heterocycles. The molecule has 3 heteroatoms. The minimum absolute atomic E-state index is 0.588. The lowest BCUT2D eigenvalue weighted by atomic mass is 9.78. The summed E-state index contributed by atoms with van der Waals surface area (Å²) in [6.45, 7) is 11.1. The monoisotopic (exact) mass is 275 g/mol. The Balaban J connectivity index is 2.03. The molecule has 20 heavy (non-hydrogen) atoms. The molecule has 2 unspecified atom stereocenters. The third kappa shape index (κ3) is 3.44. The first-order valence-electron chi connectivity index (χ1n) is 8.13. The fourth-order valence-corrected chi connectivity index (χ4v) is 3.36. The highest BCUT2D eigenvalue weighted by Gasteiger charge is 2.27. The quantitative estimate of drug-likeness (QED) is 0.874. The van der Waals surface area contributed by atoms with Crippen LogP contribution in [0, 0.1) is 11.8 Å². The van der Waals surface area contributed by atoms with Crippen LogP contribution in [-0.2, 0) is 0 Å². The summed E-state index contributed by atoms with van der Waals surface area (Å²) < 4.78 is 0. The summed E-state index contributed by atoms with van der Waals surface area (Å²) in [5.74, 6) is 2.58. The van der Waals surface area contributed by atoms with Crippen molar-refractivity contribution in [2.45, 2.75) is 53.0 Å². The zero-order chi connectivity index (χ0) is 14.5. The van der Waals surface area contributed by atoms with E-state index in [9.17, 15) is 0 Å².